The number of aromatic nitrogens is 2. The Labute approximate surface area is 152 Å². The van der Waals surface area contributed by atoms with Crippen LogP contribution in [-0.2, 0) is 16.2 Å². The van der Waals surface area contributed by atoms with Crippen LogP contribution in [0.15, 0.2) is 27.5 Å². The lowest BCUT2D eigenvalue weighted by atomic mass is 10.00. The molecule has 2 heterocycles. The number of sulfonamides is 1. The van der Waals surface area contributed by atoms with E-state index < -0.39 is 33.8 Å². The number of nitrogens with zero attached hydrogens (tertiary/aromatic N) is 3. The van der Waals surface area contributed by atoms with E-state index in [9.17, 15) is 26.0 Å². The number of ether oxygens (including phenoxy) is 1. The molecule has 0 spiro atoms. The highest BCUT2D eigenvalue weighted by molar-refractivity contribution is 7.89. The van der Waals surface area contributed by atoms with Crippen molar-refractivity contribution in [1.82, 2.24) is 14.5 Å². The molecule has 1 aromatic heterocycles. The molecular weight excluding hydrogens is 394 g/mol. The van der Waals surface area contributed by atoms with Gasteiger partial charge in [-0.1, -0.05) is 0 Å². The molecule has 0 radical (unpaired) electrons. The van der Waals surface area contributed by atoms with Crippen molar-refractivity contribution in [3.8, 4) is 5.75 Å². The van der Waals surface area contributed by atoms with Crippen molar-refractivity contribution >= 4 is 10.0 Å². The zero-order chi connectivity index (χ0) is 19.8. The Bertz CT molecular complexity index is 929. The summed E-state index contributed by atoms with van der Waals surface area (Å²) in [7, 11) is -2.88. The Morgan fingerprint density at radius 1 is 1.30 bits per heavy atom. The maximum absolute atomic E-state index is 13.6. The maximum atomic E-state index is 13.6. The average Bonchev–Trinajstić information content (AvgIpc) is 3.12. The van der Waals surface area contributed by atoms with Gasteiger partial charge in [-0.3, -0.25) is 0 Å². The van der Waals surface area contributed by atoms with Gasteiger partial charge >= 0.3 is 12.1 Å². The normalized spacial score (nSPS) is 19.2. The maximum Gasteiger partial charge on any atom is 0.470 e. The third kappa shape index (κ3) is 3.90. The van der Waals surface area contributed by atoms with E-state index in [-0.39, 0.29) is 29.6 Å². The molecule has 1 atom stereocenters. The Hall–Kier alpha value is -2.21. The highest BCUT2D eigenvalue weighted by Gasteiger charge is 2.40. The van der Waals surface area contributed by atoms with Crippen LogP contribution in [-0.4, -0.2) is 43.1 Å². The molecule has 0 bridgehead atoms. The van der Waals surface area contributed by atoms with Crippen molar-refractivity contribution < 1.29 is 35.1 Å². The van der Waals surface area contributed by atoms with Gasteiger partial charge in [0.15, 0.2) is 0 Å². The second kappa shape index (κ2) is 7.08. The first-order valence-electron chi connectivity index (χ1n) is 7.87. The van der Waals surface area contributed by atoms with Gasteiger partial charge in [-0.15, -0.1) is 10.2 Å². The summed E-state index contributed by atoms with van der Waals surface area (Å²) in [5.41, 5.74) is 0. The first-order chi connectivity index (χ1) is 12.6. The molecule has 0 aliphatic carbocycles. The second-order valence-electron chi connectivity index (χ2n) is 5.94. The van der Waals surface area contributed by atoms with Gasteiger partial charge in [0.1, 0.15) is 16.5 Å². The van der Waals surface area contributed by atoms with Gasteiger partial charge in [0, 0.05) is 13.1 Å². The Morgan fingerprint density at radius 2 is 2.04 bits per heavy atom. The van der Waals surface area contributed by atoms with E-state index in [1.165, 1.54) is 13.2 Å². The SMILES string of the molecule is COc1ccc(F)cc1S(=O)(=O)N1CCC[C@@H](c2nnc(C(F)(F)F)o2)C1. The molecule has 1 aliphatic heterocycles. The fraction of sp³-hybridized carbons (Fsp3) is 0.467. The highest BCUT2D eigenvalue weighted by Crippen LogP contribution is 2.35. The predicted molar refractivity (Wildman–Crippen MR) is 83.0 cm³/mol. The quantitative estimate of drug-likeness (QED) is 0.722. The van der Waals surface area contributed by atoms with Crippen molar-refractivity contribution in [3.63, 3.8) is 0 Å². The van der Waals surface area contributed by atoms with Crippen molar-refractivity contribution in [2.45, 2.75) is 29.8 Å². The van der Waals surface area contributed by atoms with Crippen LogP contribution < -0.4 is 4.74 Å². The molecule has 7 nitrogen and oxygen atoms in total. The molecule has 2 aromatic rings. The van der Waals surface area contributed by atoms with Crippen LogP contribution >= 0.6 is 0 Å². The average molecular weight is 409 g/mol. The number of methoxy groups -OCH3 is 1. The minimum absolute atomic E-state index is 0.0318. The molecule has 1 aromatic carbocycles. The molecule has 0 N–H and O–H groups in total. The zero-order valence-electron chi connectivity index (χ0n) is 14.0. The van der Waals surface area contributed by atoms with Crippen LogP contribution in [0.5, 0.6) is 5.75 Å². The summed E-state index contributed by atoms with van der Waals surface area (Å²) in [6.07, 6.45) is -4.03. The van der Waals surface area contributed by atoms with E-state index in [4.69, 9.17) is 4.74 Å². The van der Waals surface area contributed by atoms with E-state index in [0.29, 0.717) is 12.8 Å². The van der Waals surface area contributed by atoms with Gasteiger partial charge < -0.3 is 9.15 Å². The Morgan fingerprint density at radius 3 is 2.67 bits per heavy atom. The summed E-state index contributed by atoms with van der Waals surface area (Å²) >= 11 is 0. The number of alkyl halides is 3. The molecule has 0 unspecified atom stereocenters. The van der Waals surface area contributed by atoms with Crippen molar-refractivity contribution in [2.75, 3.05) is 20.2 Å². The molecular formula is C15H15F4N3O4S. The van der Waals surface area contributed by atoms with Gasteiger partial charge in [-0.25, -0.2) is 12.8 Å². The number of rotatable bonds is 4. The summed E-state index contributed by atoms with van der Waals surface area (Å²) in [6.45, 7) is -0.0414. The van der Waals surface area contributed by atoms with Crippen LogP contribution in [0.1, 0.15) is 30.5 Å². The molecule has 1 fully saturated rings. The number of halogens is 4. The molecule has 3 rings (SSSR count). The highest BCUT2D eigenvalue weighted by atomic mass is 32.2. The van der Waals surface area contributed by atoms with Gasteiger partial charge in [-0.05, 0) is 31.0 Å². The topological polar surface area (TPSA) is 85.5 Å². The van der Waals surface area contributed by atoms with Crippen molar-refractivity contribution in [3.05, 3.63) is 35.8 Å². The largest absolute Gasteiger partial charge is 0.495 e. The van der Waals surface area contributed by atoms with Crippen molar-refractivity contribution in [2.24, 2.45) is 0 Å². The fourth-order valence-electron chi connectivity index (χ4n) is 2.87. The molecule has 12 heteroatoms. The smallest absolute Gasteiger partial charge is 0.470 e. The lowest BCUT2D eigenvalue weighted by Crippen LogP contribution is -2.39. The summed E-state index contributed by atoms with van der Waals surface area (Å²) in [5.74, 6) is -3.25. The van der Waals surface area contributed by atoms with E-state index in [1.807, 2.05) is 0 Å². The molecule has 0 saturated carbocycles. The number of hydrogen-bond acceptors (Lipinski definition) is 6. The fourth-order valence-corrected chi connectivity index (χ4v) is 4.56. The predicted octanol–water partition coefficient (Wildman–Crippen LogP) is 2.80. The van der Waals surface area contributed by atoms with E-state index >= 15 is 0 Å². The number of piperidine rings is 1. The first kappa shape index (κ1) is 19.5. The Balaban J connectivity index is 1.88. The van der Waals surface area contributed by atoms with Gasteiger partial charge in [0.05, 0.1) is 13.0 Å². The lowest BCUT2D eigenvalue weighted by Gasteiger charge is -2.30. The van der Waals surface area contributed by atoms with Crippen LogP contribution in [0.2, 0.25) is 0 Å². The second-order valence-corrected chi connectivity index (χ2v) is 7.85. The summed E-state index contributed by atoms with van der Waals surface area (Å²) in [4.78, 5) is -0.354. The monoisotopic (exact) mass is 409 g/mol. The lowest BCUT2D eigenvalue weighted by molar-refractivity contribution is -0.157. The van der Waals surface area contributed by atoms with Crippen LogP contribution in [0.4, 0.5) is 17.6 Å². The standard InChI is InChI=1S/C15H15F4N3O4S/c1-25-11-5-4-10(16)7-12(11)27(23,24)22-6-2-3-9(8-22)13-20-21-14(26-13)15(17,18)19/h4-5,7,9H,2-3,6,8H2,1H3/t9-/m1/s1. The van der Waals surface area contributed by atoms with Crippen LogP contribution in [0, 0.1) is 5.82 Å². The van der Waals surface area contributed by atoms with Crippen LogP contribution in [0.25, 0.3) is 0 Å². The van der Waals surface area contributed by atoms with Gasteiger partial charge in [-0.2, -0.15) is 17.5 Å². The summed E-state index contributed by atoms with van der Waals surface area (Å²) < 4.78 is 87.9. The zero-order valence-corrected chi connectivity index (χ0v) is 14.8. The van der Waals surface area contributed by atoms with Gasteiger partial charge in [0.25, 0.3) is 0 Å². The number of hydrogen-bond donors (Lipinski definition) is 0. The first-order valence-corrected chi connectivity index (χ1v) is 9.31. The molecule has 1 saturated heterocycles. The summed E-state index contributed by atoms with van der Waals surface area (Å²) in [6, 6.07) is 3.09. The minimum Gasteiger partial charge on any atom is -0.495 e. The van der Waals surface area contributed by atoms with E-state index in [1.54, 1.807) is 0 Å². The molecule has 0 amide bonds. The van der Waals surface area contributed by atoms with Crippen LogP contribution in [0.3, 0.4) is 0 Å². The summed E-state index contributed by atoms with van der Waals surface area (Å²) in [5, 5.41) is 6.37. The van der Waals surface area contributed by atoms with Crippen molar-refractivity contribution in [1.29, 1.82) is 0 Å². The molecule has 1 aliphatic rings. The van der Waals surface area contributed by atoms with E-state index in [2.05, 4.69) is 14.6 Å². The Kier molecular flexibility index (Phi) is 5.12. The third-order valence-electron chi connectivity index (χ3n) is 4.16. The van der Waals surface area contributed by atoms with Gasteiger partial charge in [0.2, 0.25) is 15.9 Å². The molecule has 27 heavy (non-hydrogen) atoms. The third-order valence-corrected chi connectivity index (χ3v) is 6.05. The number of benzene rings is 1. The molecule has 148 valence electrons. The minimum atomic E-state index is -4.78. The van der Waals surface area contributed by atoms with E-state index in [0.717, 1.165) is 16.4 Å².